The summed E-state index contributed by atoms with van der Waals surface area (Å²) in [5, 5.41) is 21.8. The first kappa shape index (κ1) is 13.5. The van der Waals surface area contributed by atoms with Gasteiger partial charge < -0.3 is 15.8 Å². The molecule has 3 aromatic rings. The lowest BCUT2D eigenvalue weighted by Crippen LogP contribution is -2.35. The molecule has 0 spiro atoms. The third-order valence-corrected chi connectivity index (χ3v) is 4.87. The highest BCUT2D eigenvalue weighted by Crippen LogP contribution is 2.38. The Morgan fingerprint density at radius 3 is 2.60 bits per heavy atom. The first-order chi connectivity index (χ1) is 9.59. The maximum atomic E-state index is 9.57. The molecule has 0 aliphatic carbocycles. The van der Waals surface area contributed by atoms with Gasteiger partial charge in [-0.05, 0) is 33.6 Å². The van der Waals surface area contributed by atoms with Gasteiger partial charge in [-0.3, -0.25) is 4.98 Å². The number of nitrogens with two attached hydrogens (primary N) is 1. The van der Waals surface area contributed by atoms with Crippen molar-refractivity contribution in [3.8, 4) is 11.1 Å². The fraction of sp³-hybridized carbons (Fsp3) is 0. The van der Waals surface area contributed by atoms with Crippen LogP contribution < -0.4 is 11.3 Å². The second-order valence-corrected chi connectivity index (χ2v) is 5.89. The third kappa shape index (κ3) is 2.10. The number of rotatable bonds is 2. The summed E-state index contributed by atoms with van der Waals surface area (Å²) in [6, 6.07) is 3.60. The average Bonchev–Trinajstić information content (AvgIpc) is 2.82. The van der Waals surface area contributed by atoms with Gasteiger partial charge in [0.1, 0.15) is 5.82 Å². The molecule has 0 bridgehead atoms. The highest BCUT2D eigenvalue weighted by molar-refractivity contribution is 9.10. The molecule has 5 nitrogen and oxygen atoms in total. The van der Waals surface area contributed by atoms with Crippen LogP contribution in [-0.2, 0) is 0 Å². The van der Waals surface area contributed by atoms with E-state index in [1.807, 2.05) is 5.38 Å². The smallest absolute Gasteiger partial charge is 0.422 e. The van der Waals surface area contributed by atoms with Crippen LogP contribution in [0.15, 0.2) is 34.4 Å². The van der Waals surface area contributed by atoms with Crippen LogP contribution in [-0.4, -0.2) is 27.1 Å². The van der Waals surface area contributed by atoms with Crippen molar-refractivity contribution in [2.45, 2.75) is 0 Å². The quantitative estimate of drug-likeness (QED) is 0.608. The molecule has 8 heteroatoms. The Hall–Kier alpha value is -1.48. The van der Waals surface area contributed by atoms with E-state index in [2.05, 4.69) is 25.9 Å². The Kier molecular flexibility index (Phi) is 3.47. The molecule has 100 valence electrons. The Balaban J connectivity index is 2.44. The van der Waals surface area contributed by atoms with E-state index in [4.69, 9.17) is 5.73 Å². The van der Waals surface area contributed by atoms with Crippen LogP contribution in [0.1, 0.15) is 0 Å². The summed E-state index contributed by atoms with van der Waals surface area (Å²) in [4.78, 5) is 8.12. The van der Waals surface area contributed by atoms with Crippen LogP contribution in [0.3, 0.4) is 0 Å². The van der Waals surface area contributed by atoms with Gasteiger partial charge in [-0.1, -0.05) is 0 Å². The lowest BCUT2D eigenvalue weighted by Gasteiger charge is -2.11. The normalized spacial score (nSPS) is 10.9. The number of anilines is 1. The highest BCUT2D eigenvalue weighted by atomic mass is 79.9. The van der Waals surface area contributed by atoms with Crippen molar-refractivity contribution in [2.24, 2.45) is 0 Å². The zero-order valence-electron chi connectivity index (χ0n) is 10.1. The number of halogens is 1. The van der Waals surface area contributed by atoms with Crippen molar-refractivity contribution in [3.05, 3.63) is 34.4 Å². The van der Waals surface area contributed by atoms with Gasteiger partial charge in [0.25, 0.3) is 0 Å². The predicted octanol–water partition coefficient (Wildman–Crippen LogP) is 1.38. The summed E-state index contributed by atoms with van der Waals surface area (Å²) in [5.41, 5.74) is 7.55. The summed E-state index contributed by atoms with van der Waals surface area (Å²) in [6.45, 7) is 0. The van der Waals surface area contributed by atoms with Gasteiger partial charge in [0.2, 0.25) is 0 Å². The molecule has 0 aliphatic rings. The van der Waals surface area contributed by atoms with Gasteiger partial charge in [0.15, 0.2) is 0 Å². The van der Waals surface area contributed by atoms with Crippen LogP contribution in [0.2, 0.25) is 0 Å². The summed E-state index contributed by atoms with van der Waals surface area (Å²) in [7, 11) is -1.69. The first-order valence-electron chi connectivity index (χ1n) is 5.72. The van der Waals surface area contributed by atoms with E-state index in [9.17, 15) is 10.0 Å². The Labute approximate surface area is 127 Å². The topological polar surface area (TPSA) is 92.3 Å². The summed E-state index contributed by atoms with van der Waals surface area (Å²) in [6.07, 6.45) is 3.29. The summed E-state index contributed by atoms with van der Waals surface area (Å²) < 4.78 is 1.70. The van der Waals surface area contributed by atoms with Gasteiger partial charge in [0, 0.05) is 37.9 Å². The lowest BCUT2D eigenvalue weighted by atomic mass is 9.80. The molecule has 3 rings (SSSR count). The molecule has 20 heavy (non-hydrogen) atoms. The second kappa shape index (κ2) is 5.14. The van der Waals surface area contributed by atoms with E-state index < -0.39 is 7.12 Å². The second-order valence-electron chi connectivity index (χ2n) is 4.15. The molecule has 0 aromatic carbocycles. The largest absolute Gasteiger partial charge is 0.508 e. The molecule has 4 N–H and O–H groups in total. The van der Waals surface area contributed by atoms with Crippen LogP contribution >= 0.6 is 27.3 Å². The lowest BCUT2D eigenvalue weighted by molar-refractivity contribution is 0.424. The van der Waals surface area contributed by atoms with Crippen molar-refractivity contribution < 1.29 is 10.0 Å². The van der Waals surface area contributed by atoms with E-state index in [-0.39, 0.29) is 11.4 Å². The minimum atomic E-state index is -1.69. The summed E-state index contributed by atoms with van der Waals surface area (Å²) >= 11 is 4.91. The molecule has 0 atom stereocenters. The number of thiophene rings is 1. The Morgan fingerprint density at radius 2 is 1.95 bits per heavy atom. The van der Waals surface area contributed by atoms with Gasteiger partial charge in [0.05, 0.1) is 5.59 Å². The van der Waals surface area contributed by atoms with Crippen molar-refractivity contribution in [1.29, 1.82) is 0 Å². The van der Waals surface area contributed by atoms with E-state index in [1.165, 1.54) is 11.3 Å². The Morgan fingerprint density at radius 1 is 1.25 bits per heavy atom. The molecular formula is C12H9BBrN3O2S. The molecule has 0 saturated carbocycles. The maximum Gasteiger partial charge on any atom is 0.508 e. The minimum absolute atomic E-state index is 0.149. The van der Waals surface area contributed by atoms with Crippen molar-refractivity contribution in [2.75, 3.05) is 5.73 Å². The van der Waals surface area contributed by atoms with E-state index in [1.54, 1.807) is 24.5 Å². The molecule has 0 fully saturated rings. The number of hydrogen-bond donors (Lipinski definition) is 3. The molecule has 3 heterocycles. The first-order valence-corrected chi connectivity index (χ1v) is 7.39. The number of nitrogens with zero attached hydrogens (tertiary/aromatic N) is 2. The molecule has 0 saturated heterocycles. The number of hydrogen-bond acceptors (Lipinski definition) is 6. The molecule has 0 amide bonds. The number of pyridine rings is 2. The third-order valence-electron chi connectivity index (χ3n) is 2.94. The fourth-order valence-corrected chi connectivity index (χ4v) is 3.93. The number of aromatic nitrogens is 2. The van der Waals surface area contributed by atoms with Gasteiger partial charge in [-0.25, -0.2) is 4.98 Å². The zero-order chi connectivity index (χ0) is 14.3. The van der Waals surface area contributed by atoms with Crippen LogP contribution in [0, 0.1) is 0 Å². The maximum absolute atomic E-state index is 9.57. The minimum Gasteiger partial charge on any atom is -0.422 e. The molecule has 3 aromatic heterocycles. The number of nitrogen functional groups attached to an aromatic ring is 1. The molecular weight excluding hydrogens is 341 g/mol. The average molecular weight is 350 g/mol. The van der Waals surface area contributed by atoms with Crippen LogP contribution in [0.25, 0.3) is 21.2 Å². The van der Waals surface area contributed by atoms with Crippen molar-refractivity contribution in [3.63, 3.8) is 0 Å². The van der Waals surface area contributed by atoms with Crippen molar-refractivity contribution in [1.82, 2.24) is 9.97 Å². The highest BCUT2D eigenvalue weighted by Gasteiger charge is 2.24. The van der Waals surface area contributed by atoms with E-state index in [0.29, 0.717) is 5.56 Å². The zero-order valence-corrected chi connectivity index (χ0v) is 12.5. The SMILES string of the molecule is Nc1nc(B(O)O)c(-c2ccncc2)c2scc(Br)c12. The molecule has 0 unspecified atom stereocenters. The molecule has 0 radical (unpaired) electrons. The summed E-state index contributed by atoms with van der Waals surface area (Å²) in [5.74, 6) is 0.272. The van der Waals surface area contributed by atoms with E-state index >= 15 is 0 Å². The molecule has 0 aliphatic heterocycles. The van der Waals surface area contributed by atoms with Crippen molar-refractivity contribution >= 4 is 55.9 Å². The monoisotopic (exact) mass is 349 g/mol. The standard InChI is InChI=1S/C12H9BBrN3O2S/c14-7-5-20-10-8(6-1-3-16-4-2-6)11(13(18)19)17-12(15)9(7)10/h1-5,18-19H,(H2,15,17). The van der Waals surface area contributed by atoms with Gasteiger partial charge in [-0.2, -0.15) is 0 Å². The Bertz CT molecular complexity index is 779. The van der Waals surface area contributed by atoms with Gasteiger partial charge in [-0.15, -0.1) is 11.3 Å². The van der Waals surface area contributed by atoms with Gasteiger partial charge >= 0.3 is 7.12 Å². The number of fused-ring (bicyclic) bond motifs is 1. The van der Waals surface area contributed by atoms with Crippen LogP contribution in [0.5, 0.6) is 0 Å². The predicted molar refractivity (Wildman–Crippen MR) is 84.8 cm³/mol. The van der Waals surface area contributed by atoms with Crippen LogP contribution in [0.4, 0.5) is 5.82 Å². The fourth-order valence-electron chi connectivity index (χ4n) is 2.10. The van der Waals surface area contributed by atoms with E-state index in [0.717, 1.165) is 20.1 Å².